The molecule has 94 valence electrons. The monoisotopic (exact) mass is 236 g/mol. The molecule has 0 saturated carbocycles. The van der Waals surface area contributed by atoms with Crippen LogP contribution in [0.3, 0.4) is 0 Å². The molecule has 4 nitrogen and oxygen atoms in total. The highest BCUT2D eigenvalue weighted by Gasteiger charge is 2.01. The lowest BCUT2D eigenvalue weighted by Gasteiger charge is -2.07. The van der Waals surface area contributed by atoms with E-state index in [2.05, 4.69) is 29.7 Å². The molecule has 4 heteroatoms. The lowest BCUT2D eigenvalue weighted by molar-refractivity contribution is 0.140. The average Bonchev–Trinajstić information content (AvgIpc) is 2.37. The number of hydrogen-bond acceptors (Lipinski definition) is 3. The van der Waals surface area contributed by atoms with E-state index in [-0.39, 0.29) is 6.09 Å². The van der Waals surface area contributed by atoms with Crippen LogP contribution >= 0.6 is 0 Å². The molecule has 0 aliphatic carbocycles. The Morgan fingerprint density at radius 1 is 1.18 bits per heavy atom. The van der Waals surface area contributed by atoms with Crippen molar-refractivity contribution in [3.8, 4) is 0 Å². The minimum Gasteiger partial charge on any atom is -0.445 e. The fourth-order valence-corrected chi connectivity index (χ4v) is 1.36. The Bertz CT molecular complexity index is 336. The van der Waals surface area contributed by atoms with Gasteiger partial charge in [-0.1, -0.05) is 31.2 Å². The molecule has 2 N–H and O–H groups in total. The van der Waals surface area contributed by atoms with Gasteiger partial charge in [0, 0.05) is 13.1 Å². The molecule has 1 rings (SSSR count). The first-order chi connectivity index (χ1) is 8.26. The molecule has 17 heavy (non-hydrogen) atoms. The topological polar surface area (TPSA) is 50.4 Å². The van der Waals surface area contributed by atoms with Crippen LogP contribution in [0.4, 0.5) is 4.79 Å². The van der Waals surface area contributed by atoms with Crippen molar-refractivity contribution < 1.29 is 9.53 Å². The van der Waals surface area contributed by atoms with E-state index < -0.39 is 0 Å². The van der Waals surface area contributed by atoms with Crippen molar-refractivity contribution in [1.29, 1.82) is 0 Å². The number of benzene rings is 1. The molecule has 1 aromatic rings. The highest BCUT2D eigenvalue weighted by atomic mass is 16.5. The SMILES string of the molecule is CCc1ccc(COC(=O)NCCNC)cc1. The number of carbonyl (C=O) groups is 1. The smallest absolute Gasteiger partial charge is 0.407 e. The fraction of sp³-hybridized carbons (Fsp3) is 0.462. The first-order valence-electron chi connectivity index (χ1n) is 5.89. The van der Waals surface area contributed by atoms with Crippen molar-refractivity contribution in [3.63, 3.8) is 0 Å². The minimum absolute atomic E-state index is 0.315. The van der Waals surface area contributed by atoms with E-state index in [1.807, 2.05) is 19.2 Å². The van der Waals surface area contributed by atoms with Gasteiger partial charge in [0.2, 0.25) is 0 Å². The number of hydrogen-bond donors (Lipinski definition) is 2. The molecule has 0 aromatic heterocycles. The molecule has 0 bridgehead atoms. The molecule has 0 atom stereocenters. The number of nitrogens with one attached hydrogen (secondary N) is 2. The molecule has 0 spiro atoms. The zero-order chi connectivity index (χ0) is 12.5. The molecular weight excluding hydrogens is 216 g/mol. The summed E-state index contributed by atoms with van der Waals surface area (Å²) in [7, 11) is 1.84. The van der Waals surface area contributed by atoms with Crippen molar-refractivity contribution in [2.45, 2.75) is 20.0 Å². The normalized spacial score (nSPS) is 10.0. The van der Waals surface area contributed by atoms with Crippen LogP contribution in [-0.4, -0.2) is 26.2 Å². The quantitative estimate of drug-likeness (QED) is 0.739. The van der Waals surface area contributed by atoms with Gasteiger partial charge in [0.05, 0.1) is 0 Å². The van der Waals surface area contributed by atoms with Crippen molar-refractivity contribution in [1.82, 2.24) is 10.6 Å². The van der Waals surface area contributed by atoms with Gasteiger partial charge in [-0.15, -0.1) is 0 Å². The minimum atomic E-state index is -0.375. The summed E-state index contributed by atoms with van der Waals surface area (Å²) in [6.07, 6.45) is 0.644. The molecule has 1 amide bonds. The zero-order valence-electron chi connectivity index (χ0n) is 10.5. The Morgan fingerprint density at radius 3 is 2.41 bits per heavy atom. The van der Waals surface area contributed by atoms with Gasteiger partial charge in [0.1, 0.15) is 6.61 Å². The standard InChI is InChI=1S/C13H20N2O2/c1-3-11-4-6-12(7-5-11)10-17-13(16)15-9-8-14-2/h4-7,14H,3,8-10H2,1-2H3,(H,15,16). The Morgan fingerprint density at radius 2 is 1.82 bits per heavy atom. The van der Waals surface area contributed by atoms with E-state index in [4.69, 9.17) is 4.74 Å². The van der Waals surface area contributed by atoms with E-state index >= 15 is 0 Å². The number of amides is 1. The van der Waals surface area contributed by atoms with Crippen LogP contribution in [0.25, 0.3) is 0 Å². The van der Waals surface area contributed by atoms with E-state index in [9.17, 15) is 4.79 Å². The lowest BCUT2D eigenvalue weighted by Crippen LogP contribution is -2.30. The first kappa shape index (κ1) is 13.5. The second kappa shape index (κ2) is 7.68. The highest BCUT2D eigenvalue weighted by Crippen LogP contribution is 2.06. The molecule has 0 aliphatic heterocycles. The van der Waals surface area contributed by atoms with E-state index in [0.29, 0.717) is 13.2 Å². The number of alkyl carbamates (subject to hydrolysis) is 1. The van der Waals surface area contributed by atoms with Crippen molar-refractivity contribution >= 4 is 6.09 Å². The van der Waals surface area contributed by atoms with Crippen LogP contribution in [0, 0.1) is 0 Å². The molecule has 0 heterocycles. The summed E-state index contributed by atoms with van der Waals surface area (Å²) in [5, 5.41) is 5.59. The molecule has 0 radical (unpaired) electrons. The summed E-state index contributed by atoms with van der Waals surface area (Å²) < 4.78 is 5.07. The molecule has 0 unspecified atom stereocenters. The third-order valence-electron chi connectivity index (χ3n) is 2.45. The number of ether oxygens (including phenoxy) is 1. The van der Waals surface area contributed by atoms with Crippen LogP contribution in [0.15, 0.2) is 24.3 Å². The summed E-state index contributed by atoms with van der Waals surface area (Å²) >= 11 is 0. The van der Waals surface area contributed by atoms with Gasteiger partial charge >= 0.3 is 6.09 Å². The Balaban J connectivity index is 2.27. The first-order valence-corrected chi connectivity index (χ1v) is 5.89. The predicted octanol–water partition coefficient (Wildman–Crippen LogP) is 1.69. The summed E-state index contributed by atoms with van der Waals surface area (Å²) in [6, 6.07) is 8.08. The Hall–Kier alpha value is -1.55. The number of carbonyl (C=O) groups excluding carboxylic acids is 1. The third-order valence-corrected chi connectivity index (χ3v) is 2.45. The second-order valence-electron chi connectivity index (χ2n) is 3.78. The number of rotatable bonds is 6. The van der Waals surface area contributed by atoms with Crippen molar-refractivity contribution in [3.05, 3.63) is 35.4 Å². The number of aryl methyl sites for hydroxylation is 1. The molecule has 0 aliphatic rings. The van der Waals surface area contributed by atoms with Crippen LogP contribution in [0.1, 0.15) is 18.1 Å². The van der Waals surface area contributed by atoms with Gasteiger partial charge in [0.15, 0.2) is 0 Å². The van der Waals surface area contributed by atoms with Gasteiger partial charge in [-0.2, -0.15) is 0 Å². The molecular formula is C13H20N2O2. The maximum Gasteiger partial charge on any atom is 0.407 e. The zero-order valence-corrected chi connectivity index (χ0v) is 10.5. The predicted molar refractivity (Wildman–Crippen MR) is 67.9 cm³/mol. The molecule has 0 saturated heterocycles. The van der Waals surface area contributed by atoms with Crippen LogP contribution in [0.5, 0.6) is 0 Å². The average molecular weight is 236 g/mol. The summed E-state index contributed by atoms with van der Waals surface area (Å²) in [5.41, 5.74) is 2.29. The maximum absolute atomic E-state index is 11.3. The Kier molecular flexibility index (Phi) is 6.10. The summed E-state index contributed by atoms with van der Waals surface area (Å²) in [4.78, 5) is 11.3. The fourth-order valence-electron chi connectivity index (χ4n) is 1.36. The Labute approximate surface area is 102 Å². The summed E-state index contributed by atoms with van der Waals surface area (Å²) in [5.74, 6) is 0. The van der Waals surface area contributed by atoms with E-state index in [1.54, 1.807) is 0 Å². The van der Waals surface area contributed by atoms with Gasteiger partial charge in [0.25, 0.3) is 0 Å². The van der Waals surface area contributed by atoms with E-state index in [1.165, 1.54) is 5.56 Å². The van der Waals surface area contributed by atoms with Crippen molar-refractivity contribution in [2.24, 2.45) is 0 Å². The molecule has 1 aromatic carbocycles. The second-order valence-corrected chi connectivity index (χ2v) is 3.78. The number of likely N-dealkylation sites (N-methyl/N-ethyl adjacent to an activating group) is 1. The third kappa shape index (κ3) is 5.36. The van der Waals surface area contributed by atoms with Crippen LogP contribution < -0.4 is 10.6 Å². The van der Waals surface area contributed by atoms with E-state index in [0.717, 1.165) is 18.5 Å². The van der Waals surface area contributed by atoms with Crippen molar-refractivity contribution in [2.75, 3.05) is 20.1 Å². The van der Waals surface area contributed by atoms with Gasteiger partial charge in [-0.3, -0.25) is 0 Å². The van der Waals surface area contributed by atoms with Crippen LogP contribution in [0.2, 0.25) is 0 Å². The lowest BCUT2D eigenvalue weighted by atomic mass is 10.1. The molecule has 0 fully saturated rings. The largest absolute Gasteiger partial charge is 0.445 e. The van der Waals surface area contributed by atoms with Gasteiger partial charge in [-0.05, 0) is 24.6 Å². The maximum atomic E-state index is 11.3. The highest BCUT2D eigenvalue weighted by molar-refractivity contribution is 5.67. The summed E-state index contributed by atoms with van der Waals surface area (Å²) in [6.45, 7) is 3.74. The van der Waals surface area contributed by atoms with Crippen LogP contribution in [-0.2, 0) is 17.8 Å². The van der Waals surface area contributed by atoms with Gasteiger partial charge < -0.3 is 15.4 Å². The van der Waals surface area contributed by atoms with Gasteiger partial charge in [-0.25, -0.2) is 4.79 Å².